The number of carboxylic acid groups (broad SMARTS) is 1. The number of hydrogen-bond donors (Lipinski definition) is 6. The first kappa shape index (κ1) is 53.2. The number of aromatic carboxylic acids is 1. The smallest absolute Gasteiger partial charge is 0.341 e. The molecule has 3 aromatic rings. The van der Waals surface area contributed by atoms with E-state index in [1.54, 1.807) is 37.9 Å². The molecule has 1 saturated carbocycles. The van der Waals surface area contributed by atoms with Crippen molar-refractivity contribution >= 4 is 51.8 Å². The lowest BCUT2D eigenvalue weighted by atomic mass is 9.83. The van der Waals surface area contributed by atoms with Crippen LogP contribution >= 0.6 is 0 Å². The number of anilines is 1. The Bertz CT molecular complexity index is 2810. The van der Waals surface area contributed by atoms with Gasteiger partial charge >= 0.3 is 18.2 Å². The fourth-order valence-corrected chi connectivity index (χ4v) is 8.59. The number of aliphatic hydroxyl groups excluding tert-OH is 1. The van der Waals surface area contributed by atoms with Crippen molar-refractivity contribution < 1.29 is 67.4 Å². The maximum Gasteiger partial charge on any atom is 0.341 e. The van der Waals surface area contributed by atoms with Gasteiger partial charge in [0.2, 0.25) is 22.8 Å². The molecule has 0 radical (unpaired) electrons. The number of nitrogens with one attached hydrogen (secondary N) is 3. The molecule has 5 bridgehead atoms. The third-order valence-corrected chi connectivity index (χ3v) is 12.5. The van der Waals surface area contributed by atoms with Crippen molar-refractivity contribution in [2.24, 2.45) is 5.92 Å². The van der Waals surface area contributed by atoms with Gasteiger partial charge in [-0.05, 0) is 96.3 Å². The molecule has 19 heteroatoms. The second kappa shape index (κ2) is 23.2. The van der Waals surface area contributed by atoms with Gasteiger partial charge in [0.25, 0.3) is 5.91 Å². The van der Waals surface area contributed by atoms with Gasteiger partial charge in [0, 0.05) is 68.9 Å². The van der Waals surface area contributed by atoms with Gasteiger partial charge in [0.1, 0.15) is 40.4 Å². The molecular formula is C52H61FN4O14. The predicted molar refractivity (Wildman–Crippen MR) is 259 cm³/mol. The maximum atomic E-state index is 15.5. The van der Waals surface area contributed by atoms with E-state index in [1.807, 2.05) is 13.0 Å². The van der Waals surface area contributed by atoms with E-state index in [2.05, 4.69) is 20.7 Å². The number of halogens is 1. The summed E-state index contributed by atoms with van der Waals surface area (Å²) in [5.41, 5.74) is -2.84. The largest absolute Gasteiger partial charge is 0.507 e. The van der Waals surface area contributed by atoms with Crippen LogP contribution in [0.5, 0.6) is 11.5 Å². The Kier molecular flexibility index (Phi) is 17.4. The van der Waals surface area contributed by atoms with Gasteiger partial charge < -0.3 is 54.8 Å². The number of carboxylic acids is 1. The number of pyridine rings is 1. The highest BCUT2D eigenvalue weighted by Crippen LogP contribution is 2.46. The number of ketones is 3. The number of esters is 1. The molecule has 3 aliphatic heterocycles. The van der Waals surface area contributed by atoms with Crippen LogP contribution in [0.25, 0.3) is 10.9 Å². The number of ether oxygens (including phenoxy) is 4. The monoisotopic (exact) mass is 984 g/mol. The van der Waals surface area contributed by atoms with Gasteiger partial charge in [-0.25, -0.2) is 9.18 Å². The number of fused-ring (bicyclic) bond motifs is 16. The molecule has 71 heavy (non-hydrogen) atoms. The maximum absolute atomic E-state index is 15.5. The summed E-state index contributed by atoms with van der Waals surface area (Å²) in [7, 11) is 3.25. The number of phenolic OH excluding ortho intramolecular Hbond substituents is 1. The molecule has 8 rings (SSSR count). The van der Waals surface area contributed by atoms with Gasteiger partial charge in [0.05, 0.1) is 40.3 Å². The Hall–Kier alpha value is -7.12. The van der Waals surface area contributed by atoms with E-state index in [9.17, 15) is 48.9 Å². The van der Waals surface area contributed by atoms with Crippen molar-refractivity contribution in [3.8, 4) is 11.5 Å². The summed E-state index contributed by atoms with van der Waals surface area (Å²) in [6.45, 7) is 7.90. The summed E-state index contributed by atoms with van der Waals surface area (Å²) in [4.78, 5) is 93.8. The first-order valence-electron chi connectivity index (χ1n) is 23.6. The van der Waals surface area contributed by atoms with Crippen molar-refractivity contribution in [3.05, 3.63) is 110 Å². The van der Waals surface area contributed by atoms with Crippen LogP contribution in [0.3, 0.4) is 0 Å². The van der Waals surface area contributed by atoms with Crippen molar-refractivity contribution in [2.75, 3.05) is 26.1 Å². The van der Waals surface area contributed by atoms with Crippen LogP contribution in [-0.2, 0) is 23.8 Å². The second-order valence-electron chi connectivity index (χ2n) is 18.3. The number of hydrogen-bond acceptors (Lipinski definition) is 15. The number of rotatable bonds is 9. The van der Waals surface area contributed by atoms with Crippen molar-refractivity contribution in [1.29, 1.82) is 0 Å². The summed E-state index contributed by atoms with van der Waals surface area (Å²) >= 11 is 0. The van der Waals surface area contributed by atoms with Crippen LogP contribution in [0.1, 0.15) is 139 Å². The first-order chi connectivity index (χ1) is 33.8. The first-order valence-corrected chi connectivity index (χ1v) is 23.6. The average molecular weight is 985 g/mol. The van der Waals surface area contributed by atoms with Crippen molar-refractivity contribution in [1.82, 2.24) is 15.2 Å². The minimum Gasteiger partial charge on any atom is -0.507 e. The minimum atomic E-state index is -1.59. The van der Waals surface area contributed by atoms with E-state index in [0.29, 0.717) is 37.6 Å². The van der Waals surface area contributed by atoms with E-state index in [0.717, 1.165) is 18.9 Å². The summed E-state index contributed by atoms with van der Waals surface area (Å²) in [6.07, 6.45) is 10.7. The third-order valence-electron chi connectivity index (χ3n) is 12.5. The lowest BCUT2D eigenvalue weighted by Gasteiger charge is -2.27. The van der Waals surface area contributed by atoms with Crippen LogP contribution < -0.4 is 26.1 Å². The van der Waals surface area contributed by atoms with Crippen LogP contribution in [0, 0.1) is 18.7 Å². The number of carbonyl (C=O) groups is 6. The van der Waals surface area contributed by atoms with E-state index in [1.165, 1.54) is 45.4 Å². The molecular weight excluding hydrogens is 924 g/mol. The predicted octanol–water partition coefficient (Wildman–Crippen LogP) is 6.85. The number of allylic oxidation sites excluding steroid dienone is 6. The van der Waals surface area contributed by atoms with Crippen LogP contribution in [-0.4, -0.2) is 100 Å². The summed E-state index contributed by atoms with van der Waals surface area (Å²) in [6, 6.07) is 1.74. The molecule has 2 aliphatic carbocycles. The van der Waals surface area contributed by atoms with Gasteiger partial charge in [-0.2, -0.15) is 0 Å². The number of aliphatic hydroxyl groups is 1. The molecule has 1 fully saturated rings. The molecule has 4 heterocycles. The molecule has 5 aliphatic rings. The zero-order valence-electron chi connectivity index (χ0n) is 40.8. The molecule has 6 N–H and O–H groups in total. The Morgan fingerprint density at radius 1 is 1.01 bits per heavy atom. The molecule has 2 aromatic carbocycles. The lowest BCUT2D eigenvalue weighted by Crippen LogP contribution is -2.42. The van der Waals surface area contributed by atoms with Crippen LogP contribution in [0.4, 0.5) is 10.1 Å². The van der Waals surface area contributed by atoms with Gasteiger partial charge in [-0.3, -0.25) is 28.8 Å². The molecule has 18 nitrogen and oxygen atoms in total. The number of phenols is 1. The molecule has 0 saturated heterocycles. The Balaban J connectivity index is 0.00000268. The normalized spacial score (nSPS) is 22.9. The number of amides is 1. The zero-order chi connectivity index (χ0) is 51.8. The standard InChI is InChI=1S/C50H55FN4O13.C2H6O/c1-24-10-9-11-25(2)48(63)54-41-40(53-26(3)17-18-52-35-22-36-32(21-34(35)51)43(59)33(49(64)65)23-55(36)29-14-15-29)44(60)37-38(45(41)61)42(58)27(4)47-39(37)46(62)50(68-47)66-19-8-6-7-12-31(67-28(5)56)20-30(57)16-13-24;1-3-2/h8-11,19,21-24,26,29-31,50,52-53,57-58H,6-7,12-18,20H2,1-5H3,(H,54,63)(H,64,65);1-2H3/b10-9+,19-8+,25-11-;. The molecule has 5 unspecified atom stereocenters. The summed E-state index contributed by atoms with van der Waals surface area (Å²) < 4.78 is 38.4. The highest BCUT2D eigenvalue weighted by molar-refractivity contribution is 6.32. The second-order valence-corrected chi connectivity index (χ2v) is 18.3. The SMILES string of the molecule is CC(=O)OC1CCC/C=C/OC2Oc3c(C)c(O)c4c(c3C2=O)C(=O)C(NC(C)CCNc2cc3c(cc2F)c(=O)c(C(=O)O)cn3C2CC2)=C(NC(=O)/C(C)=C\C=C\C(C)CCC(O)C1)C4=O.COC. The fraction of sp³-hybridized carbons (Fsp3) is 0.442. The fourth-order valence-electron chi connectivity index (χ4n) is 8.59. The highest BCUT2D eigenvalue weighted by atomic mass is 19.1. The van der Waals surface area contributed by atoms with Crippen molar-refractivity contribution in [3.63, 3.8) is 0 Å². The van der Waals surface area contributed by atoms with E-state index >= 15 is 4.39 Å². The summed E-state index contributed by atoms with van der Waals surface area (Å²) in [5.74, 6) is -6.91. The summed E-state index contributed by atoms with van der Waals surface area (Å²) in [5, 5.41) is 40.4. The van der Waals surface area contributed by atoms with E-state index < -0.39 is 99.1 Å². The number of Topliss-reactive ketones (excluding diaryl/α,β-unsaturated/α-hetero) is 3. The van der Waals surface area contributed by atoms with Crippen LogP contribution in [0.2, 0.25) is 0 Å². The number of benzene rings is 2. The quantitative estimate of drug-likeness (QED) is 0.120. The van der Waals surface area contributed by atoms with Crippen molar-refractivity contribution in [2.45, 2.75) is 123 Å². The number of aromatic nitrogens is 1. The Morgan fingerprint density at radius 2 is 1.73 bits per heavy atom. The molecule has 0 spiro atoms. The third kappa shape index (κ3) is 12.3. The lowest BCUT2D eigenvalue weighted by molar-refractivity contribution is -0.148. The molecule has 1 amide bonds. The topological polar surface area (TPSA) is 258 Å². The molecule has 5 atom stereocenters. The number of methoxy groups -OCH3 is 1. The molecule has 1 aromatic heterocycles. The number of nitrogens with zero attached hydrogens (tertiary/aromatic N) is 1. The van der Waals surface area contributed by atoms with Gasteiger partial charge in [-0.15, -0.1) is 0 Å². The van der Waals surface area contributed by atoms with Crippen LogP contribution in [0.15, 0.2) is 70.7 Å². The zero-order valence-corrected chi connectivity index (χ0v) is 40.8. The van der Waals surface area contributed by atoms with E-state index in [-0.39, 0.29) is 70.6 Å². The average Bonchev–Trinajstić information content (AvgIpc) is 4.10. The van der Waals surface area contributed by atoms with Gasteiger partial charge in [0.15, 0.2) is 0 Å². The molecule has 380 valence electrons. The number of aromatic hydroxyl groups is 1. The van der Waals surface area contributed by atoms with E-state index in [4.69, 9.17) is 14.2 Å². The Morgan fingerprint density at radius 3 is 2.41 bits per heavy atom. The highest BCUT2D eigenvalue weighted by Gasteiger charge is 2.47. The minimum absolute atomic E-state index is 0.0160. The number of carbonyl (C=O) groups excluding carboxylic acids is 5. The van der Waals surface area contributed by atoms with Gasteiger partial charge in [-0.1, -0.05) is 25.2 Å². The Labute approximate surface area is 409 Å².